The van der Waals surface area contributed by atoms with Gasteiger partial charge in [0.05, 0.1) is 14.2 Å². The largest absolute Gasteiger partial charge is 0.496 e. The van der Waals surface area contributed by atoms with Gasteiger partial charge in [0, 0.05) is 20.2 Å². The number of esters is 1. The Balaban J connectivity index is 2.23. The molecule has 2 rings (SSSR count). The van der Waals surface area contributed by atoms with Crippen molar-refractivity contribution in [3.8, 4) is 17.1 Å². The van der Waals surface area contributed by atoms with Crippen LogP contribution in [0.2, 0.25) is 25.7 Å². The Hall–Kier alpha value is -2.19. The van der Waals surface area contributed by atoms with E-state index in [9.17, 15) is 4.79 Å². The number of carbonyl (C=O) groups is 1. The van der Waals surface area contributed by atoms with Gasteiger partial charge in [0.2, 0.25) is 0 Å². The van der Waals surface area contributed by atoms with Gasteiger partial charge < -0.3 is 14.2 Å². The van der Waals surface area contributed by atoms with Crippen LogP contribution in [0.3, 0.4) is 0 Å². The molecule has 0 N–H and O–H groups in total. The van der Waals surface area contributed by atoms with E-state index >= 15 is 0 Å². The quantitative estimate of drug-likeness (QED) is 0.399. The van der Waals surface area contributed by atoms with Gasteiger partial charge in [0.25, 0.3) is 0 Å². The minimum Gasteiger partial charge on any atom is -0.496 e. The number of aryl methyl sites for hydroxylation is 1. The summed E-state index contributed by atoms with van der Waals surface area (Å²) in [6.45, 7) is 9.96. The SMILES string of the molecule is COC(=O)c1ccc(-c2nnc(C)n2COCC[Si](C)(C)C)cc1OC. The lowest BCUT2D eigenvalue weighted by atomic mass is 10.1. The van der Waals surface area contributed by atoms with Crippen molar-refractivity contribution < 1.29 is 19.0 Å². The number of hydrogen-bond donors (Lipinski definition) is 0. The van der Waals surface area contributed by atoms with Crippen molar-refractivity contribution in [2.24, 2.45) is 0 Å². The maximum absolute atomic E-state index is 11.8. The fourth-order valence-corrected chi connectivity index (χ4v) is 3.15. The molecule has 0 amide bonds. The third kappa shape index (κ3) is 4.92. The lowest BCUT2D eigenvalue weighted by Gasteiger charge is -2.16. The Morgan fingerprint density at radius 2 is 1.92 bits per heavy atom. The Labute approximate surface area is 155 Å². The average molecular weight is 378 g/mol. The molecule has 0 saturated carbocycles. The molecule has 7 nitrogen and oxygen atoms in total. The van der Waals surface area contributed by atoms with Crippen LogP contribution in [0.15, 0.2) is 18.2 Å². The Kier molecular flexibility index (Phi) is 6.55. The molecule has 1 heterocycles. The summed E-state index contributed by atoms with van der Waals surface area (Å²) in [6.07, 6.45) is 0. The Morgan fingerprint density at radius 3 is 2.54 bits per heavy atom. The Morgan fingerprint density at radius 1 is 1.19 bits per heavy atom. The van der Waals surface area contributed by atoms with Crippen molar-refractivity contribution in [3.05, 3.63) is 29.6 Å². The van der Waals surface area contributed by atoms with Crippen LogP contribution in [-0.2, 0) is 16.2 Å². The first-order valence-corrected chi connectivity index (χ1v) is 12.2. The molecule has 0 atom stereocenters. The van der Waals surface area contributed by atoms with Crippen molar-refractivity contribution in [2.45, 2.75) is 39.3 Å². The van der Waals surface area contributed by atoms with Gasteiger partial charge in [-0.3, -0.25) is 4.57 Å². The van der Waals surface area contributed by atoms with Crippen LogP contribution in [0.5, 0.6) is 5.75 Å². The molecular formula is C18H27N3O4Si. The van der Waals surface area contributed by atoms with E-state index in [2.05, 4.69) is 29.8 Å². The molecule has 1 aromatic heterocycles. The van der Waals surface area contributed by atoms with Crippen LogP contribution in [0, 0.1) is 6.92 Å². The molecule has 26 heavy (non-hydrogen) atoms. The van der Waals surface area contributed by atoms with E-state index in [1.807, 2.05) is 11.5 Å². The normalized spacial score (nSPS) is 11.5. The highest BCUT2D eigenvalue weighted by Gasteiger charge is 2.18. The van der Waals surface area contributed by atoms with E-state index in [0.29, 0.717) is 23.9 Å². The fraction of sp³-hybridized carbons (Fsp3) is 0.500. The van der Waals surface area contributed by atoms with Crippen LogP contribution in [0.1, 0.15) is 16.2 Å². The molecule has 142 valence electrons. The van der Waals surface area contributed by atoms with Gasteiger partial charge in [0.15, 0.2) is 5.82 Å². The standard InChI is InChI=1S/C18H27N3O4Si/c1-13-19-20-17(21(13)12-25-9-10-26(4,5)6)14-7-8-15(18(22)24-3)16(11-14)23-2/h7-8,11H,9-10,12H2,1-6H3. The zero-order valence-corrected chi connectivity index (χ0v) is 17.3. The van der Waals surface area contributed by atoms with Gasteiger partial charge in [-0.1, -0.05) is 25.7 Å². The summed E-state index contributed by atoms with van der Waals surface area (Å²) in [4.78, 5) is 11.8. The summed E-state index contributed by atoms with van der Waals surface area (Å²) in [5.74, 6) is 1.43. The molecule has 0 aliphatic carbocycles. The number of benzene rings is 1. The molecule has 1 aromatic carbocycles. The smallest absolute Gasteiger partial charge is 0.341 e. The van der Waals surface area contributed by atoms with Crippen LogP contribution in [0.4, 0.5) is 0 Å². The fourth-order valence-electron chi connectivity index (χ4n) is 2.39. The molecule has 0 spiro atoms. The molecule has 0 unspecified atom stereocenters. The van der Waals surface area contributed by atoms with Crippen molar-refractivity contribution in [1.29, 1.82) is 0 Å². The molecule has 0 aliphatic heterocycles. The minimum absolute atomic E-state index is 0.368. The molecular weight excluding hydrogens is 350 g/mol. The molecule has 0 saturated heterocycles. The summed E-state index contributed by atoms with van der Waals surface area (Å²) in [6, 6.07) is 6.33. The zero-order chi connectivity index (χ0) is 19.3. The molecule has 0 aliphatic rings. The van der Waals surface area contributed by atoms with Crippen LogP contribution in [0.25, 0.3) is 11.4 Å². The van der Waals surface area contributed by atoms with Gasteiger partial charge in [0.1, 0.15) is 23.9 Å². The molecule has 2 aromatic rings. The van der Waals surface area contributed by atoms with Gasteiger partial charge in [-0.15, -0.1) is 10.2 Å². The van der Waals surface area contributed by atoms with Gasteiger partial charge in [-0.05, 0) is 25.1 Å². The number of methoxy groups -OCH3 is 2. The van der Waals surface area contributed by atoms with Crippen LogP contribution < -0.4 is 4.74 Å². The Bertz CT molecular complexity index is 768. The van der Waals surface area contributed by atoms with Gasteiger partial charge >= 0.3 is 5.97 Å². The maximum Gasteiger partial charge on any atom is 0.341 e. The average Bonchev–Trinajstić information content (AvgIpc) is 2.97. The summed E-state index contributed by atoms with van der Waals surface area (Å²) >= 11 is 0. The van der Waals surface area contributed by atoms with Crippen LogP contribution in [-0.4, -0.2) is 49.6 Å². The predicted molar refractivity (Wildman–Crippen MR) is 102 cm³/mol. The summed E-state index contributed by atoms with van der Waals surface area (Å²) in [7, 11) is 1.73. The predicted octanol–water partition coefficient (Wildman–Crippen LogP) is 3.36. The maximum atomic E-state index is 11.8. The lowest BCUT2D eigenvalue weighted by Crippen LogP contribution is -2.22. The number of hydrogen-bond acceptors (Lipinski definition) is 6. The second kappa shape index (κ2) is 8.46. The number of ether oxygens (including phenoxy) is 3. The summed E-state index contributed by atoms with van der Waals surface area (Å²) in [5.41, 5.74) is 1.16. The first kappa shape index (κ1) is 20.1. The molecule has 0 radical (unpaired) electrons. The molecule has 8 heteroatoms. The van der Waals surface area contributed by atoms with Crippen LogP contribution >= 0.6 is 0 Å². The summed E-state index contributed by atoms with van der Waals surface area (Å²) < 4.78 is 17.9. The van der Waals surface area contributed by atoms with Crippen molar-refractivity contribution in [2.75, 3.05) is 20.8 Å². The lowest BCUT2D eigenvalue weighted by molar-refractivity contribution is 0.0597. The topological polar surface area (TPSA) is 75.5 Å². The van der Waals surface area contributed by atoms with E-state index in [0.717, 1.165) is 24.0 Å². The van der Waals surface area contributed by atoms with E-state index in [1.54, 1.807) is 18.2 Å². The highest BCUT2D eigenvalue weighted by atomic mass is 28.3. The monoisotopic (exact) mass is 377 g/mol. The van der Waals surface area contributed by atoms with E-state index in [-0.39, 0.29) is 0 Å². The second-order valence-electron chi connectivity index (χ2n) is 7.25. The zero-order valence-electron chi connectivity index (χ0n) is 16.3. The highest BCUT2D eigenvalue weighted by molar-refractivity contribution is 6.76. The van der Waals surface area contributed by atoms with E-state index < -0.39 is 14.0 Å². The van der Waals surface area contributed by atoms with Gasteiger partial charge in [-0.25, -0.2) is 4.79 Å². The second-order valence-corrected chi connectivity index (χ2v) is 12.9. The van der Waals surface area contributed by atoms with Crippen molar-refractivity contribution in [3.63, 3.8) is 0 Å². The number of carbonyl (C=O) groups excluding carboxylic acids is 1. The number of rotatable bonds is 8. The number of aromatic nitrogens is 3. The molecule has 0 fully saturated rings. The third-order valence-corrected chi connectivity index (χ3v) is 5.72. The highest BCUT2D eigenvalue weighted by Crippen LogP contribution is 2.27. The van der Waals surface area contributed by atoms with Crippen molar-refractivity contribution in [1.82, 2.24) is 14.8 Å². The van der Waals surface area contributed by atoms with Gasteiger partial charge in [-0.2, -0.15) is 0 Å². The van der Waals surface area contributed by atoms with Crippen molar-refractivity contribution >= 4 is 14.0 Å². The summed E-state index contributed by atoms with van der Waals surface area (Å²) in [5, 5.41) is 8.41. The molecule has 0 bridgehead atoms. The third-order valence-electron chi connectivity index (χ3n) is 4.02. The number of nitrogens with zero attached hydrogens (tertiary/aromatic N) is 3. The van der Waals surface area contributed by atoms with E-state index in [4.69, 9.17) is 14.2 Å². The first-order chi connectivity index (χ1) is 12.3. The first-order valence-electron chi connectivity index (χ1n) is 8.51. The van der Waals surface area contributed by atoms with E-state index in [1.165, 1.54) is 14.2 Å². The minimum atomic E-state index is -1.13.